The molecule has 8 heteroatoms. The highest BCUT2D eigenvalue weighted by Crippen LogP contribution is 2.43. The molecule has 0 spiro atoms. The Bertz CT molecular complexity index is 965. The second kappa shape index (κ2) is 9.51. The van der Waals surface area contributed by atoms with Crippen molar-refractivity contribution < 1.29 is 4.39 Å². The van der Waals surface area contributed by atoms with Gasteiger partial charge in [-0.15, -0.1) is 34.2 Å². The molecule has 0 unspecified atom stereocenters. The summed E-state index contributed by atoms with van der Waals surface area (Å²) in [6.45, 7) is 4.02. The second-order valence-electron chi connectivity index (χ2n) is 7.23. The van der Waals surface area contributed by atoms with E-state index in [1.54, 1.807) is 12.1 Å². The number of nitrogens with zero attached hydrogens (tertiary/aromatic N) is 4. The summed E-state index contributed by atoms with van der Waals surface area (Å²) in [6.07, 6.45) is 5.33. The lowest BCUT2D eigenvalue weighted by molar-refractivity contribution is 0.243. The minimum atomic E-state index is -0.193. The zero-order valence-corrected chi connectivity index (χ0v) is 18.8. The molecule has 0 atom stereocenters. The number of nitrogens with one attached hydrogen (secondary N) is 2. The number of aromatic nitrogens is 3. The molecule has 2 heterocycles. The molecule has 4 rings (SSSR count). The van der Waals surface area contributed by atoms with Gasteiger partial charge in [0.2, 0.25) is 0 Å². The van der Waals surface area contributed by atoms with Crippen LogP contribution in [0.4, 0.5) is 4.39 Å². The highest BCUT2D eigenvalue weighted by atomic mass is 127. The maximum atomic E-state index is 13.3. The number of halogens is 2. The fourth-order valence-corrected chi connectivity index (χ4v) is 3.72. The zero-order valence-electron chi connectivity index (χ0n) is 16.4. The van der Waals surface area contributed by atoms with Gasteiger partial charge in [0.05, 0.1) is 0 Å². The van der Waals surface area contributed by atoms with Gasteiger partial charge >= 0.3 is 0 Å². The first-order chi connectivity index (χ1) is 13.7. The van der Waals surface area contributed by atoms with Crippen LogP contribution in [0.5, 0.6) is 0 Å². The Balaban J connectivity index is 0.00000240. The van der Waals surface area contributed by atoms with Gasteiger partial charge in [0.25, 0.3) is 0 Å². The monoisotopic (exact) mass is 508 g/mol. The second-order valence-corrected chi connectivity index (χ2v) is 7.23. The van der Waals surface area contributed by atoms with Crippen LogP contribution in [0.25, 0.3) is 5.65 Å². The lowest BCUT2D eigenvalue weighted by atomic mass is 9.64. The van der Waals surface area contributed by atoms with E-state index in [0.717, 1.165) is 43.4 Å². The van der Waals surface area contributed by atoms with Crippen molar-refractivity contribution >= 4 is 35.6 Å². The van der Waals surface area contributed by atoms with E-state index in [0.29, 0.717) is 6.54 Å². The summed E-state index contributed by atoms with van der Waals surface area (Å²) < 4.78 is 15.2. The third-order valence-corrected chi connectivity index (χ3v) is 5.47. The summed E-state index contributed by atoms with van der Waals surface area (Å²) in [5, 5.41) is 15.2. The third kappa shape index (κ3) is 4.68. The van der Waals surface area contributed by atoms with E-state index in [1.165, 1.54) is 12.0 Å². The molecule has 2 aromatic heterocycles. The smallest absolute Gasteiger partial charge is 0.191 e. The Morgan fingerprint density at radius 1 is 1.14 bits per heavy atom. The molecule has 0 saturated heterocycles. The summed E-state index contributed by atoms with van der Waals surface area (Å²) in [6, 6.07) is 12.7. The number of fused-ring (bicyclic) bond motifs is 1. The highest BCUT2D eigenvalue weighted by molar-refractivity contribution is 14.0. The molecule has 3 aromatic rings. The lowest BCUT2D eigenvalue weighted by Gasteiger charge is -2.43. The molecule has 1 saturated carbocycles. The molecule has 1 fully saturated rings. The van der Waals surface area contributed by atoms with E-state index >= 15 is 0 Å². The summed E-state index contributed by atoms with van der Waals surface area (Å²) in [4.78, 5) is 4.69. The maximum absolute atomic E-state index is 13.3. The Kier molecular flexibility index (Phi) is 7.05. The van der Waals surface area contributed by atoms with Crippen molar-refractivity contribution in [2.75, 3.05) is 13.1 Å². The summed E-state index contributed by atoms with van der Waals surface area (Å²) in [7, 11) is 0. The van der Waals surface area contributed by atoms with Crippen LogP contribution in [-0.2, 0) is 12.0 Å². The van der Waals surface area contributed by atoms with Crippen LogP contribution in [0.15, 0.2) is 53.7 Å². The lowest BCUT2D eigenvalue weighted by Crippen LogP contribution is -2.48. The van der Waals surface area contributed by atoms with Crippen molar-refractivity contribution in [3.05, 3.63) is 65.9 Å². The topological polar surface area (TPSA) is 66.6 Å². The van der Waals surface area contributed by atoms with Gasteiger partial charge in [-0.2, -0.15) is 0 Å². The van der Waals surface area contributed by atoms with Gasteiger partial charge in [-0.05, 0) is 49.6 Å². The number of hydrogen-bond donors (Lipinski definition) is 2. The standard InChI is InChI=1S/C21H25FN6.HI/c1-2-23-20(24-14-19-27-26-18-6-3-4-13-28(18)19)25-15-21(11-5-12-21)16-7-9-17(22)10-8-16;/h3-4,6-10,13H,2,5,11-12,14-15H2,1H3,(H2,23,24,25);1H. The van der Waals surface area contributed by atoms with Gasteiger partial charge in [0.15, 0.2) is 17.4 Å². The van der Waals surface area contributed by atoms with Crippen molar-refractivity contribution in [2.45, 2.75) is 38.1 Å². The summed E-state index contributed by atoms with van der Waals surface area (Å²) >= 11 is 0. The number of hydrogen-bond acceptors (Lipinski definition) is 3. The minimum absolute atomic E-state index is 0. The van der Waals surface area contributed by atoms with Crippen molar-refractivity contribution in [3.8, 4) is 0 Å². The SMILES string of the molecule is CCNC(=NCc1nnc2ccccn12)NCC1(c2ccc(F)cc2)CCC1.I. The first kappa shape index (κ1) is 21.5. The minimum Gasteiger partial charge on any atom is -0.357 e. The van der Waals surface area contributed by atoms with Crippen LogP contribution in [0, 0.1) is 5.82 Å². The third-order valence-electron chi connectivity index (χ3n) is 5.47. The van der Waals surface area contributed by atoms with Crippen LogP contribution >= 0.6 is 24.0 Å². The van der Waals surface area contributed by atoms with Crippen LogP contribution in [-0.4, -0.2) is 33.6 Å². The van der Waals surface area contributed by atoms with Gasteiger partial charge in [-0.25, -0.2) is 9.38 Å². The van der Waals surface area contributed by atoms with Crippen LogP contribution < -0.4 is 10.6 Å². The summed E-state index contributed by atoms with van der Waals surface area (Å²) in [5.41, 5.74) is 2.05. The van der Waals surface area contributed by atoms with Crippen molar-refractivity contribution in [3.63, 3.8) is 0 Å². The molecule has 1 aliphatic carbocycles. The van der Waals surface area contributed by atoms with Gasteiger partial charge in [0, 0.05) is 24.7 Å². The quantitative estimate of drug-likeness (QED) is 0.303. The molecule has 154 valence electrons. The molecule has 29 heavy (non-hydrogen) atoms. The Hall–Kier alpha value is -2.23. The van der Waals surface area contributed by atoms with E-state index in [1.807, 2.05) is 47.9 Å². The fourth-order valence-electron chi connectivity index (χ4n) is 3.72. The van der Waals surface area contributed by atoms with Gasteiger partial charge in [0.1, 0.15) is 12.4 Å². The molecule has 6 nitrogen and oxygen atoms in total. The number of pyridine rings is 1. The van der Waals surface area contributed by atoms with E-state index < -0.39 is 0 Å². The highest BCUT2D eigenvalue weighted by Gasteiger charge is 2.38. The number of benzene rings is 1. The Morgan fingerprint density at radius 2 is 1.93 bits per heavy atom. The molecule has 0 amide bonds. The van der Waals surface area contributed by atoms with Crippen LogP contribution in [0.2, 0.25) is 0 Å². The number of aliphatic imine (C=N–C) groups is 1. The molecule has 0 aliphatic heterocycles. The predicted molar refractivity (Wildman–Crippen MR) is 123 cm³/mol. The van der Waals surface area contributed by atoms with E-state index in [4.69, 9.17) is 0 Å². The molecular weight excluding hydrogens is 482 g/mol. The van der Waals surface area contributed by atoms with E-state index in [2.05, 4.69) is 25.8 Å². The molecule has 1 aromatic carbocycles. The molecular formula is C21H26FIN6. The van der Waals surface area contributed by atoms with Gasteiger partial charge < -0.3 is 10.6 Å². The van der Waals surface area contributed by atoms with Crippen molar-refractivity contribution in [1.29, 1.82) is 0 Å². The van der Waals surface area contributed by atoms with Crippen LogP contribution in [0.3, 0.4) is 0 Å². The summed E-state index contributed by atoms with van der Waals surface area (Å²) in [5.74, 6) is 1.36. The fraction of sp³-hybridized carbons (Fsp3) is 0.381. The zero-order chi connectivity index (χ0) is 19.4. The number of rotatable bonds is 6. The number of guanidine groups is 1. The normalized spacial score (nSPS) is 15.4. The van der Waals surface area contributed by atoms with Crippen molar-refractivity contribution in [2.24, 2.45) is 4.99 Å². The van der Waals surface area contributed by atoms with Crippen LogP contribution in [0.1, 0.15) is 37.6 Å². The Labute approximate surface area is 187 Å². The molecule has 0 radical (unpaired) electrons. The van der Waals surface area contributed by atoms with Gasteiger partial charge in [-0.3, -0.25) is 4.40 Å². The Morgan fingerprint density at radius 3 is 2.62 bits per heavy atom. The average Bonchev–Trinajstić information content (AvgIpc) is 3.09. The largest absolute Gasteiger partial charge is 0.357 e. The predicted octanol–water partition coefficient (Wildman–Crippen LogP) is 3.66. The molecule has 1 aliphatic rings. The van der Waals surface area contributed by atoms with Crippen molar-refractivity contribution in [1.82, 2.24) is 25.2 Å². The molecule has 2 N–H and O–H groups in total. The van der Waals surface area contributed by atoms with Gasteiger partial charge in [-0.1, -0.05) is 24.6 Å². The van der Waals surface area contributed by atoms with E-state index in [9.17, 15) is 4.39 Å². The maximum Gasteiger partial charge on any atom is 0.191 e. The average molecular weight is 508 g/mol. The first-order valence-electron chi connectivity index (χ1n) is 9.77. The first-order valence-corrected chi connectivity index (χ1v) is 9.77. The molecule has 0 bridgehead atoms. The van der Waals surface area contributed by atoms with E-state index in [-0.39, 0.29) is 35.2 Å².